The minimum absolute atomic E-state index is 0.0894. The molecule has 1 atom stereocenters. The molecule has 136 valence electrons. The largest absolute Gasteiger partial charge is 0.486 e. The number of benzene rings is 2. The minimum Gasteiger partial charge on any atom is -0.486 e. The van der Waals surface area contributed by atoms with Crippen LogP contribution in [0.3, 0.4) is 0 Å². The lowest BCUT2D eigenvalue weighted by atomic mass is 9.92. The summed E-state index contributed by atoms with van der Waals surface area (Å²) in [5.74, 6) is 1.93. The number of nitrogens with one attached hydrogen (secondary N) is 1. The van der Waals surface area contributed by atoms with Gasteiger partial charge in [-0.1, -0.05) is 30.3 Å². The first-order valence-corrected chi connectivity index (χ1v) is 9.32. The van der Waals surface area contributed by atoms with Crippen molar-refractivity contribution in [2.75, 3.05) is 13.2 Å². The molecule has 4 nitrogen and oxygen atoms in total. The summed E-state index contributed by atoms with van der Waals surface area (Å²) in [5.41, 5.74) is 3.27. The second-order valence-electron chi connectivity index (χ2n) is 7.67. The SMILES string of the molecule is CC(C)(NC(=O)CC1CCc2ccccc21)c1ccc2c(c1)OCCO2. The topological polar surface area (TPSA) is 47.6 Å². The molecule has 0 saturated heterocycles. The van der Waals surface area contributed by atoms with Crippen molar-refractivity contribution >= 4 is 5.91 Å². The molecule has 1 amide bonds. The molecule has 0 saturated carbocycles. The van der Waals surface area contributed by atoms with Crippen LogP contribution in [-0.2, 0) is 16.8 Å². The Labute approximate surface area is 154 Å². The van der Waals surface area contributed by atoms with Gasteiger partial charge in [-0.05, 0) is 61.4 Å². The lowest BCUT2D eigenvalue weighted by Crippen LogP contribution is -2.41. The van der Waals surface area contributed by atoms with Gasteiger partial charge in [0.1, 0.15) is 13.2 Å². The summed E-state index contributed by atoms with van der Waals surface area (Å²) < 4.78 is 11.3. The van der Waals surface area contributed by atoms with Gasteiger partial charge < -0.3 is 14.8 Å². The lowest BCUT2D eigenvalue weighted by molar-refractivity contribution is -0.123. The van der Waals surface area contributed by atoms with E-state index in [2.05, 4.69) is 29.6 Å². The molecule has 1 aliphatic carbocycles. The van der Waals surface area contributed by atoms with Crippen LogP contribution in [0.2, 0.25) is 0 Å². The normalized spacial score (nSPS) is 18.3. The van der Waals surface area contributed by atoms with Crippen molar-refractivity contribution in [1.29, 1.82) is 0 Å². The number of rotatable bonds is 4. The first-order valence-electron chi connectivity index (χ1n) is 9.32. The predicted octanol–water partition coefficient (Wildman–Crippen LogP) is 3.93. The summed E-state index contributed by atoms with van der Waals surface area (Å²) in [6.45, 7) is 5.19. The highest BCUT2D eigenvalue weighted by Crippen LogP contribution is 2.36. The fourth-order valence-corrected chi connectivity index (χ4v) is 3.99. The Morgan fingerprint density at radius 3 is 2.73 bits per heavy atom. The molecular formula is C22H25NO3. The third-order valence-corrected chi connectivity index (χ3v) is 5.40. The average Bonchev–Trinajstić information content (AvgIpc) is 3.04. The molecule has 1 N–H and O–H groups in total. The first kappa shape index (κ1) is 17.0. The van der Waals surface area contributed by atoms with Crippen molar-refractivity contribution in [3.05, 3.63) is 59.2 Å². The second kappa shape index (κ2) is 6.67. The van der Waals surface area contributed by atoms with Crippen LogP contribution >= 0.6 is 0 Å². The van der Waals surface area contributed by atoms with Crippen LogP contribution in [-0.4, -0.2) is 19.1 Å². The summed E-state index contributed by atoms with van der Waals surface area (Å²) in [6, 6.07) is 14.4. The van der Waals surface area contributed by atoms with E-state index in [4.69, 9.17) is 9.47 Å². The molecule has 0 fully saturated rings. The van der Waals surface area contributed by atoms with E-state index < -0.39 is 5.54 Å². The maximum absolute atomic E-state index is 12.7. The van der Waals surface area contributed by atoms with Gasteiger partial charge >= 0.3 is 0 Å². The van der Waals surface area contributed by atoms with Gasteiger partial charge in [-0.25, -0.2) is 0 Å². The van der Waals surface area contributed by atoms with E-state index in [1.54, 1.807) is 0 Å². The Morgan fingerprint density at radius 1 is 1.12 bits per heavy atom. The van der Waals surface area contributed by atoms with E-state index in [0.29, 0.717) is 25.6 Å². The van der Waals surface area contributed by atoms with Gasteiger partial charge in [0.2, 0.25) is 5.91 Å². The zero-order valence-corrected chi connectivity index (χ0v) is 15.4. The fraction of sp³-hybridized carbons (Fsp3) is 0.409. The van der Waals surface area contributed by atoms with E-state index in [1.165, 1.54) is 11.1 Å². The number of carbonyl (C=O) groups excluding carboxylic acids is 1. The molecule has 1 unspecified atom stereocenters. The summed E-state index contributed by atoms with van der Waals surface area (Å²) in [5, 5.41) is 3.20. The Balaban J connectivity index is 1.45. The van der Waals surface area contributed by atoms with E-state index in [9.17, 15) is 4.79 Å². The molecule has 2 aromatic carbocycles. The molecule has 0 radical (unpaired) electrons. The van der Waals surface area contributed by atoms with E-state index in [1.807, 2.05) is 32.0 Å². The highest BCUT2D eigenvalue weighted by Gasteiger charge is 2.29. The maximum atomic E-state index is 12.7. The number of hydrogen-bond acceptors (Lipinski definition) is 3. The predicted molar refractivity (Wildman–Crippen MR) is 101 cm³/mol. The van der Waals surface area contributed by atoms with Crippen LogP contribution < -0.4 is 14.8 Å². The smallest absolute Gasteiger partial charge is 0.221 e. The van der Waals surface area contributed by atoms with Crippen molar-refractivity contribution in [3.8, 4) is 11.5 Å². The Kier molecular flexibility index (Phi) is 4.35. The maximum Gasteiger partial charge on any atom is 0.221 e. The van der Waals surface area contributed by atoms with Crippen LogP contribution in [0, 0.1) is 0 Å². The molecule has 0 spiro atoms. The molecular weight excluding hydrogens is 326 g/mol. The molecule has 4 rings (SSSR count). The fourth-order valence-electron chi connectivity index (χ4n) is 3.99. The van der Waals surface area contributed by atoms with E-state index >= 15 is 0 Å². The third-order valence-electron chi connectivity index (χ3n) is 5.40. The molecule has 0 aromatic heterocycles. The lowest BCUT2D eigenvalue weighted by Gasteiger charge is -2.29. The second-order valence-corrected chi connectivity index (χ2v) is 7.67. The molecule has 2 aliphatic rings. The van der Waals surface area contributed by atoms with Crippen molar-refractivity contribution in [3.63, 3.8) is 0 Å². The minimum atomic E-state index is -0.467. The molecule has 26 heavy (non-hydrogen) atoms. The number of ether oxygens (including phenoxy) is 2. The van der Waals surface area contributed by atoms with E-state index in [0.717, 1.165) is 29.9 Å². The quantitative estimate of drug-likeness (QED) is 0.908. The molecule has 4 heteroatoms. The van der Waals surface area contributed by atoms with E-state index in [-0.39, 0.29) is 5.91 Å². The zero-order valence-electron chi connectivity index (χ0n) is 15.4. The Hall–Kier alpha value is -2.49. The summed E-state index contributed by atoms with van der Waals surface area (Å²) in [7, 11) is 0. The first-order chi connectivity index (χ1) is 12.5. The number of hydrogen-bond donors (Lipinski definition) is 1. The van der Waals surface area contributed by atoms with Crippen molar-refractivity contribution in [2.24, 2.45) is 0 Å². The van der Waals surface area contributed by atoms with Crippen LogP contribution in [0.4, 0.5) is 0 Å². The van der Waals surface area contributed by atoms with Crippen LogP contribution in [0.5, 0.6) is 11.5 Å². The van der Waals surface area contributed by atoms with Crippen LogP contribution in [0.25, 0.3) is 0 Å². The van der Waals surface area contributed by atoms with Gasteiger partial charge in [-0.2, -0.15) is 0 Å². The summed E-state index contributed by atoms with van der Waals surface area (Å²) in [4.78, 5) is 12.7. The molecule has 0 bridgehead atoms. The zero-order chi connectivity index (χ0) is 18.1. The Bertz CT molecular complexity index is 828. The van der Waals surface area contributed by atoms with Crippen LogP contribution in [0.15, 0.2) is 42.5 Å². The van der Waals surface area contributed by atoms with Gasteiger partial charge in [0.15, 0.2) is 11.5 Å². The van der Waals surface area contributed by atoms with Gasteiger partial charge in [0, 0.05) is 6.42 Å². The number of amides is 1. The molecule has 1 heterocycles. The van der Waals surface area contributed by atoms with Gasteiger partial charge in [-0.3, -0.25) is 4.79 Å². The monoisotopic (exact) mass is 351 g/mol. The van der Waals surface area contributed by atoms with Gasteiger partial charge in [-0.15, -0.1) is 0 Å². The number of aryl methyl sites for hydroxylation is 1. The van der Waals surface area contributed by atoms with Crippen molar-refractivity contribution in [2.45, 2.75) is 44.6 Å². The standard InChI is InChI=1S/C22H25NO3/c1-22(2,17-9-10-19-20(14-17)26-12-11-25-19)23-21(24)13-16-8-7-15-5-3-4-6-18(15)16/h3-6,9-10,14,16H,7-8,11-13H2,1-2H3,(H,23,24). The highest BCUT2D eigenvalue weighted by molar-refractivity contribution is 5.78. The number of fused-ring (bicyclic) bond motifs is 2. The summed E-state index contributed by atoms with van der Waals surface area (Å²) in [6.07, 6.45) is 2.65. The highest BCUT2D eigenvalue weighted by atomic mass is 16.6. The van der Waals surface area contributed by atoms with Crippen LogP contribution in [0.1, 0.15) is 49.3 Å². The third kappa shape index (κ3) is 3.28. The Morgan fingerprint density at radius 2 is 1.88 bits per heavy atom. The van der Waals surface area contributed by atoms with Crippen molar-refractivity contribution < 1.29 is 14.3 Å². The molecule has 2 aromatic rings. The average molecular weight is 351 g/mol. The van der Waals surface area contributed by atoms with Gasteiger partial charge in [0.05, 0.1) is 5.54 Å². The molecule has 1 aliphatic heterocycles. The summed E-state index contributed by atoms with van der Waals surface area (Å²) >= 11 is 0. The van der Waals surface area contributed by atoms with Crippen molar-refractivity contribution in [1.82, 2.24) is 5.32 Å². The van der Waals surface area contributed by atoms with Gasteiger partial charge in [0.25, 0.3) is 0 Å². The number of carbonyl (C=O) groups is 1.